The van der Waals surface area contributed by atoms with Gasteiger partial charge in [-0.1, -0.05) is 18.2 Å². The molecule has 1 saturated heterocycles. The second-order valence-electron chi connectivity index (χ2n) is 5.75. The number of amides is 1. The van der Waals surface area contributed by atoms with E-state index < -0.39 is 0 Å². The van der Waals surface area contributed by atoms with Crippen LogP contribution in [0, 0.1) is 0 Å². The lowest BCUT2D eigenvalue weighted by molar-refractivity contribution is 0.0949. The topological polar surface area (TPSA) is 67.3 Å². The van der Waals surface area contributed by atoms with Crippen LogP contribution in [0.5, 0.6) is 5.75 Å². The second kappa shape index (κ2) is 7.77. The van der Waals surface area contributed by atoms with Crippen molar-refractivity contribution in [1.82, 2.24) is 15.3 Å². The zero-order valence-electron chi connectivity index (χ0n) is 13.9. The minimum atomic E-state index is -0.173. The molecule has 0 atom stereocenters. The van der Waals surface area contributed by atoms with Gasteiger partial charge in [0.2, 0.25) is 5.95 Å². The lowest BCUT2D eigenvalue weighted by Gasteiger charge is -2.15. The Labute approximate surface area is 141 Å². The fourth-order valence-electron chi connectivity index (χ4n) is 2.86. The molecule has 0 radical (unpaired) electrons. The van der Waals surface area contributed by atoms with E-state index in [4.69, 9.17) is 4.74 Å². The molecule has 1 amide bonds. The number of rotatable bonds is 6. The third kappa shape index (κ3) is 3.82. The van der Waals surface area contributed by atoms with Gasteiger partial charge in [0.05, 0.1) is 7.11 Å². The largest absolute Gasteiger partial charge is 0.496 e. The fourth-order valence-corrected chi connectivity index (χ4v) is 2.86. The molecule has 2 aromatic rings. The molecule has 1 N–H and O–H groups in total. The highest BCUT2D eigenvalue weighted by Crippen LogP contribution is 2.17. The van der Waals surface area contributed by atoms with Gasteiger partial charge in [0, 0.05) is 25.8 Å². The van der Waals surface area contributed by atoms with E-state index in [1.54, 1.807) is 19.4 Å². The molecule has 0 bridgehead atoms. The van der Waals surface area contributed by atoms with E-state index >= 15 is 0 Å². The number of ether oxygens (including phenoxy) is 1. The van der Waals surface area contributed by atoms with Crippen LogP contribution in [0.15, 0.2) is 36.5 Å². The smallest absolute Gasteiger partial charge is 0.270 e. The van der Waals surface area contributed by atoms with Crippen molar-refractivity contribution in [3.63, 3.8) is 0 Å². The standard InChI is InChI=1S/C18H22N4O2/c1-24-16-7-3-2-6-14(16)8-10-19-17(23)15-9-11-20-18(21-15)22-12-4-5-13-22/h2-3,6-7,9,11H,4-5,8,10,12-13H2,1H3,(H,19,23). The van der Waals surface area contributed by atoms with Crippen molar-refractivity contribution < 1.29 is 9.53 Å². The van der Waals surface area contributed by atoms with Gasteiger partial charge in [-0.15, -0.1) is 0 Å². The predicted molar refractivity (Wildman–Crippen MR) is 92.5 cm³/mol. The summed E-state index contributed by atoms with van der Waals surface area (Å²) in [6.45, 7) is 2.44. The average molecular weight is 326 g/mol. The van der Waals surface area contributed by atoms with E-state index in [1.165, 1.54) is 0 Å². The Morgan fingerprint density at radius 2 is 2.04 bits per heavy atom. The maximum atomic E-state index is 12.3. The first kappa shape index (κ1) is 16.2. The van der Waals surface area contributed by atoms with E-state index in [0.717, 1.165) is 37.2 Å². The highest BCUT2D eigenvalue weighted by atomic mass is 16.5. The first-order chi connectivity index (χ1) is 11.8. The molecule has 1 aromatic heterocycles. The van der Waals surface area contributed by atoms with Crippen molar-refractivity contribution in [3.8, 4) is 5.75 Å². The van der Waals surface area contributed by atoms with Crippen LogP contribution < -0.4 is 15.0 Å². The molecule has 3 rings (SSSR count). The second-order valence-corrected chi connectivity index (χ2v) is 5.75. The van der Waals surface area contributed by atoms with Crippen molar-refractivity contribution in [2.45, 2.75) is 19.3 Å². The van der Waals surface area contributed by atoms with Gasteiger partial charge in [-0.2, -0.15) is 0 Å². The molecule has 126 valence electrons. The summed E-state index contributed by atoms with van der Waals surface area (Å²) >= 11 is 0. The lowest BCUT2D eigenvalue weighted by Crippen LogP contribution is -2.28. The lowest BCUT2D eigenvalue weighted by atomic mass is 10.1. The van der Waals surface area contributed by atoms with Crippen molar-refractivity contribution in [3.05, 3.63) is 47.8 Å². The van der Waals surface area contributed by atoms with E-state index in [9.17, 15) is 4.79 Å². The number of hydrogen-bond acceptors (Lipinski definition) is 5. The summed E-state index contributed by atoms with van der Waals surface area (Å²) in [6.07, 6.45) is 4.66. The molecule has 6 heteroatoms. The van der Waals surface area contributed by atoms with Gasteiger partial charge in [-0.25, -0.2) is 9.97 Å². The zero-order valence-corrected chi connectivity index (χ0v) is 13.9. The molecule has 24 heavy (non-hydrogen) atoms. The van der Waals surface area contributed by atoms with Crippen LogP contribution in [0.4, 0.5) is 5.95 Å². The van der Waals surface area contributed by atoms with Crippen LogP contribution in [0.25, 0.3) is 0 Å². The third-order valence-electron chi connectivity index (χ3n) is 4.14. The summed E-state index contributed by atoms with van der Waals surface area (Å²) in [4.78, 5) is 23.1. The molecule has 1 aliphatic rings. The molecule has 0 aliphatic carbocycles. The SMILES string of the molecule is COc1ccccc1CCNC(=O)c1ccnc(N2CCCC2)n1. The van der Waals surface area contributed by atoms with E-state index in [-0.39, 0.29) is 5.91 Å². The van der Waals surface area contributed by atoms with Gasteiger partial charge in [-0.3, -0.25) is 4.79 Å². The van der Waals surface area contributed by atoms with E-state index in [2.05, 4.69) is 20.2 Å². The highest BCUT2D eigenvalue weighted by molar-refractivity contribution is 5.92. The molecule has 0 unspecified atom stereocenters. The molecule has 1 fully saturated rings. The summed E-state index contributed by atoms with van der Waals surface area (Å²) in [5.41, 5.74) is 1.48. The number of para-hydroxylation sites is 1. The summed E-state index contributed by atoms with van der Waals surface area (Å²) in [7, 11) is 1.65. The van der Waals surface area contributed by atoms with Gasteiger partial charge in [-0.05, 0) is 37.0 Å². The van der Waals surface area contributed by atoms with Gasteiger partial charge in [0.1, 0.15) is 11.4 Å². The van der Waals surface area contributed by atoms with Crippen LogP contribution >= 0.6 is 0 Å². The molecule has 2 heterocycles. The number of nitrogens with zero attached hydrogens (tertiary/aromatic N) is 3. The Bertz CT molecular complexity index is 699. The number of carbonyl (C=O) groups excluding carboxylic acids is 1. The number of benzene rings is 1. The van der Waals surface area contributed by atoms with Crippen molar-refractivity contribution in [1.29, 1.82) is 0 Å². The molecule has 1 aromatic carbocycles. The maximum absolute atomic E-state index is 12.3. The Morgan fingerprint density at radius 1 is 1.25 bits per heavy atom. The van der Waals surface area contributed by atoms with Gasteiger partial charge in [0.25, 0.3) is 5.91 Å². The number of hydrogen-bond donors (Lipinski definition) is 1. The number of aromatic nitrogens is 2. The molecule has 0 spiro atoms. The van der Waals surface area contributed by atoms with Gasteiger partial charge < -0.3 is 15.0 Å². The maximum Gasteiger partial charge on any atom is 0.270 e. The van der Waals surface area contributed by atoms with Crippen LogP contribution in [-0.4, -0.2) is 42.6 Å². The minimum Gasteiger partial charge on any atom is -0.496 e. The monoisotopic (exact) mass is 326 g/mol. The van der Waals surface area contributed by atoms with Crippen LogP contribution in [0.1, 0.15) is 28.9 Å². The normalized spacial score (nSPS) is 13.8. The quantitative estimate of drug-likeness (QED) is 0.880. The Morgan fingerprint density at radius 3 is 2.83 bits per heavy atom. The Kier molecular flexibility index (Phi) is 5.25. The molecular weight excluding hydrogens is 304 g/mol. The first-order valence-electron chi connectivity index (χ1n) is 8.26. The van der Waals surface area contributed by atoms with Gasteiger partial charge in [0.15, 0.2) is 0 Å². The fraction of sp³-hybridized carbons (Fsp3) is 0.389. The number of nitrogens with one attached hydrogen (secondary N) is 1. The zero-order chi connectivity index (χ0) is 16.8. The van der Waals surface area contributed by atoms with Crippen molar-refractivity contribution in [2.75, 3.05) is 31.6 Å². The first-order valence-corrected chi connectivity index (χ1v) is 8.26. The molecule has 6 nitrogen and oxygen atoms in total. The predicted octanol–water partition coefficient (Wildman–Crippen LogP) is 2.06. The molecule has 0 saturated carbocycles. The molecular formula is C18H22N4O2. The van der Waals surface area contributed by atoms with Gasteiger partial charge >= 0.3 is 0 Å². The van der Waals surface area contributed by atoms with Crippen LogP contribution in [-0.2, 0) is 6.42 Å². The summed E-state index contributed by atoms with van der Waals surface area (Å²) in [5, 5.41) is 2.91. The highest BCUT2D eigenvalue weighted by Gasteiger charge is 2.16. The summed E-state index contributed by atoms with van der Waals surface area (Å²) in [5.74, 6) is 1.31. The number of carbonyl (C=O) groups is 1. The van der Waals surface area contributed by atoms with Crippen molar-refractivity contribution in [2.24, 2.45) is 0 Å². The Hall–Kier alpha value is -2.63. The summed E-state index contributed by atoms with van der Waals surface area (Å²) < 4.78 is 5.32. The van der Waals surface area contributed by atoms with E-state index in [1.807, 2.05) is 24.3 Å². The number of anilines is 1. The Balaban J connectivity index is 1.58. The van der Waals surface area contributed by atoms with Crippen molar-refractivity contribution >= 4 is 11.9 Å². The van der Waals surface area contributed by atoms with Crippen LogP contribution in [0.2, 0.25) is 0 Å². The molecule has 1 aliphatic heterocycles. The third-order valence-corrected chi connectivity index (χ3v) is 4.14. The number of methoxy groups -OCH3 is 1. The van der Waals surface area contributed by atoms with E-state index in [0.29, 0.717) is 24.6 Å². The van der Waals surface area contributed by atoms with Crippen LogP contribution in [0.3, 0.4) is 0 Å². The summed E-state index contributed by atoms with van der Waals surface area (Å²) in [6, 6.07) is 9.47. The minimum absolute atomic E-state index is 0.173. The average Bonchev–Trinajstić information content (AvgIpc) is 3.17.